The Morgan fingerprint density at radius 1 is 1.53 bits per heavy atom. The molecule has 1 aliphatic carbocycles. The van der Waals surface area contributed by atoms with Crippen molar-refractivity contribution < 1.29 is 5.11 Å². The third-order valence-corrected chi connectivity index (χ3v) is 3.43. The van der Waals surface area contributed by atoms with Crippen molar-refractivity contribution in [3.8, 4) is 0 Å². The summed E-state index contributed by atoms with van der Waals surface area (Å²) in [5.41, 5.74) is 8.01. The standard InChI is InChI=1S/C14H22N4O/c1-10(17-14-4-3-7-16-18-14)8-13(15-2)11-5-6-12(19)9-11/h3-4,7-8,11-12,16-19H,5-6,9H2,1-2H3/b10-8+,15-13?. The summed E-state index contributed by atoms with van der Waals surface area (Å²) in [6.07, 6.45) is 10.3. The molecule has 0 saturated heterocycles. The highest BCUT2D eigenvalue weighted by molar-refractivity contribution is 5.97. The molecular weight excluding hydrogens is 240 g/mol. The van der Waals surface area contributed by atoms with Crippen molar-refractivity contribution in [1.29, 1.82) is 0 Å². The molecule has 1 aliphatic heterocycles. The summed E-state index contributed by atoms with van der Waals surface area (Å²) >= 11 is 0. The summed E-state index contributed by atoms with van der Waals surface area (Å²) < 4.78 is 0. The van der Waals surface area contributed by atoms with Gasteiger partial charge in [-0.1, -0.05) is 0 Å². The first-order valence-corrected chi connectivity index (χ1v) is 6.67. The lowest BCUT2D eigenvalue weighted by atomic mass is 10.0. The van der Waals surface area contributed by atoms with Gasteiger partial charge in [-0.25, -0.2) is 0 Å². The minimum atomic E-state index is -0.166. The van der Waals surface area contributed by atoms with Crippen LogP contribution in [0.3, 0.4) is 0 Å². The van der Waals surface area contributed by atoms with Crippen LogP contribution >= 0.6 is 0 Å². The van der Waals surface area contributed by atoms with Gasteiger partial charge in [-0.05, 0) is 44.4 Å². The van der Waals surface area contributed by atoms with Crippen molar-refractivity contribution in [3.05, 3.63) is 35.9 Å². The molecule has 0 aromatic carbocycles. The average molecular weight is 262 g/mol. The zero-order valence-electron chi connectivity index (χ0n) is 11.5. The number of aliphatic imine (C=N–C) groups is 1. The van der Waals surface area contributed by atoms with Crippen molar-refractivity contribution in [2.45, 2.75) is 32.3 Å². The lowest BCUT2D eigenvalue weighted by Gasteiger charge is -2.17. The van der Waals surface area contributed by atoms with Crippen LogP contribution in [0.1, 0.15) is 26.2 Å². The molecule has 1 fully saturated rings. The third-order valence-electron chi connectivity index (χ3n) is 3.43. The number of aliphatic hydroxyl groups excluding tert-OH is 1. The molecular formula is C14H22N4O. The van der Waals surface area contributed by atoms with Gasteiger partial charge in [-0.2, -0.15) is 0 Å². The Bertz CT molecular complexity index is 437. The van der Waals surface area contributed by atoms with Crippen molar-refractivity contribution in [2.24, 2.45) is 10.9 Å². The van der Waals surface area contributed by atoms with Crippen molar-refractivity contribution in [2.75, 3.05) is 7.05 Å². The van der Waals surface area contributed by atoms with Crippen LogP contribution in [-0.2, 0) is 0 Å². The fourth-order valence-corrected chi connectivity index (χ4v) is 2.49. The Labute approximate surface area is 114 Å². The van der Waals surface area contributed by atoms with Crippen LogP contribution in [0.5, 0.6) is 0 Å². The zero-order chi connectivity index (χ0) is 13.7. The Balaban J connectivity index is 1.97. The SMILES string of the molecule is CN=C(/C=C(\C)NC1=CC=CNN1)C1CCC(O)C1. The second-order valence-corrected chi connectivity index (χ2v) is 4.97. The number of hydrogen-bond acceptors (Lipinski definition) is 5. The van der Waals surface area contributed by atoms with Crippen molar-refractivity contribution in [3.63, 3.8) is 0 Å². The van der Waals surface area contributed by atoms with E-state index in [9.17, 15) is 5.11 Å². The van der Waals surface area contributed by atoms with E-state index in [1.165, 1.54) is 0 Å². The lowest BCUT2D eigenvalue weighted by molar-refractivity contribution is 0.181. The number of nitrogens with one attached hydrogen (secondary N) is 3. The number of aliphatic hydroxyl groups is 1. The molecule has 19 heavy (non-hydrogen) atoms. The van der Waals surface area contributed by atoms with Crippen molar-refractivity contribution >= 4 is 5.71 Å². The molecule has 2 aliphatic rings. The third kappa shape index (κ3) is 3.86. The van der Waals surface area contributed by atoms with Gasteiger partial charge in [0.15, 0.2) is 0 Å². The number of hydrogen-bond donors (Lipinski definition) is 4. The van der Waals surface area contributed by atoms with Gasteiger partial charge in [0, 0.05) is 30.6 Å². The van der Waals surface area contributed by atoms with Crippen LogP contribution in [0, 0.1) is 5.92 Å². The van der Waals surface area contributed by atoms with Crippen LogP contribution < -0.4 is 16.2 Å². The molecule has 0 bridgehead atoms. The van der Waals surface area contributed by atoms with E-state index in [4.69, 9.17) is 0 Å². The van der Waals surface area contributed by atoms with Crippen LogP contribution in [0.4, 0.5) is 0 Å². The van der Waals surface area contributed by atoms with E-state index in [1.807, 2.05) is 32.3 Å². The predicted molar refractivity (Wildman–Crippen MR) is 77.1 cm³/mol. The smallest absolute Gasteiger partial charge is 0.122 e. The predicted octanol–water partition coefficient (Wildman–Crippen LogP) is 1.17. The van der Waals surface area contributed by atoms with Gasteiger partial charge in [0.1, 0.15) is 5.82 Å². The summed E-state index contributed by atoms with van der Waals surface area (Å²) in [4.78, 5) is 4.36. The molecule has 0 aromatic rings. The van der Waals surface area contributed by atoms with Crippen LogP contribution in [0.2, 0.25) is 0 Å². The molecule has 0 radical (unpaired) electrons. The minimum absolute atomic E-state index is 0.166. The molecule has 2 unspecified atom stereocenters. The molecule has 5 nitrogen and oxygen atoms in total. The van der Waals surface area contributed by atoms with E-state index < -0.39 is 0 Å². The van der Waals surface area contributed by atoms with E-state index in [2.05, 4.69) is 27.2 Å². The fraction of sp³-hybridized carbons (Fsp3) is 0.500. The van der Waals surface area contributed by atoms with Gasteiger partial charge < -0.3 is 15.8 Å². The van der Waals surface area contributed by atoms with E-state index in [0.29, 0.717) is 5.92 Å². The topological polar surface area (TPSA) is 68.7 Å². The number of nitrogens with zero attached hydrogens (tertiary/aromatic N) is 1. The summed E-state index contributed by atoms with van der Waals surface area (Å²) in [5, 5.41) is 12.9. The molecule has 2 rings (SSSR count). The van der Waals surface area contributed by atoms with Gasteiger partial charge in [-0.15, -0.1) is 0 Å². The maximum atomic E-state index is 9.61. The van der Waals surface area contributed by atoms with Crippen LogP contribution in [0.15, 0.2) is 40.9 Å². The Morgan fingerprint density at radius 2 is 2.37 bits per heavy atom. The highest BCUT2D eigenvalue weighted by Gasteiger charge is 2.25. The average Bonchev–Trinajstić information content (AvgIpc) is 2.83. The maximum Gasteiger partial charge on any atom is 0.122 e. The lowest BCUT2D eigenvalue weighted by Crippen LogP contribution is -2.35. The summed E-state index contributed by atoms with van der Waals surface area (Å²) in [7, 11) is 1.81. The first kappa shape index (κ1) is 13.7. The molecule has 1 heterocycles. The maximum absolute atomic E-state index is 9.61. The largest absolute Gasteiger partial charge is 0.393 e. The first-order chi connectivity index (χ1) is 9.19. The molecule has 5 heteroatoms. The Hall–Kier alpha value is -1.75. The second kappa shape index (κ2) is 6.43. The molecule has 0 amide bonds. The highest BCUT2D eigenvalue weighted by Crippen LogP contribution is 2.27. The highest BCUT2D eigenvalue weighted by atomic mass is 16.3. The number of hydrazine groups is 1. The van der Waals surface area contributed by atoms with Gasteiger partial charge in [0.05, 0.1) is 6.10 Å². The first-order valence-electron chi connectivity index (χ1n) is 6.67. The molecule has 0 spiro atoms. The minimum Gasteiger partial charge on any atom is -0.393 e. The van der Waals surface area contributed by atoms with E-state index in [1.54, 1.807) is 0 Å². The van der Waals surface area contributed by atoms with Crippen LogP contribution in [-0.4, -0.2) is 24.0 Å². The summed E-state index contributed by atoms with van der Waals surface area (Å²) in [6, 6.07) is 0. The molecule has 4 N–H and O–H groups in total. The van der Waals surface area contributed by atoms with Gasteiger partial charge in [0.25, 0.3) is 0 Å². The second-order valence-electron chi connectivity index (χ2n) is 4.97. The van der Waals surface area contributed by atoms with E-state index >= 15 is 0 Å². The van der Waals surface area contributed by atoms with Gasteiger partial charge in [-0.3, -0.25) is 10.4 Å². The molecule has 104 valence electrons. The summed E-state index contributed by atoms with van der Waals surface area (Å²) in [5.74, 6) is 1.28. The normalized spacial score (nSPS) is 27.6. The Morgan fingerprint density at radius 3 is 2.95 bits per heavy atom. The Kier molecular flexibility index (Phi) is 4.63. The van der Waals surface area contributed by atoms with Crippen molar-refractivity contribution in [1.82, 2.24) is 16.2 Å². The number of rotatable bonds is 4. The van der Waals surface area contributed by atoms with E-state index in [0.717, 1.165) is 36.5 Å². The zero-order valence-corrected chi connectivity index (χ0v) is 11.5. The van der Waals surface area contributed by atoms with Gasteiger partial charge in [0.2, 0.25) is 0 Å². The number of allylic oxidation sites excluding steroid dienone is 4. The van der Waals surface area contributed by atoms with Crippen LogP contribution in [0.25, 0.3) is 0 Å². The molecule has 1 saturated carbocycles. The molecule has 0 aromatic heterocycles. The molecule has 2 atom stereocenters. The van der Waals surface area contributed by atoms with Gasteiger partial charge >= 0.3 is 0 Å². The van der Waals surface area contributed by atoms with E-state index in [-0.39, 0.29) is 6.10 Å². The quantitative estimate of drug-likeness (QED) is 0.574. The fourth-order valence-electron chi connectivity index (χ4n) is 2.49. The summed E-state index contributed by atoms with van der Waals surface area (Å²) in [6.45, 7) is 2.01. The monoisotopic (exact) mass is 262 g/mol.